The first-order valence-corrected chi connectivity index (χ1v) is 9.95. The van der Waals surface area contributed by atoms with E-state index in [-0.39, 0.29) is 12.5 Å². The maximum Gasteiger partial charge on any atom is 0.338 e. The molecule has 3 aromatic rings. The molecule has 0 atom stereocenters. The molecular weight excluding hydrogens is 398 g/mol. The SMILES string of the molecule is Cc1cc(C)c(C)c(OCCCNC(=O)COC(=O)c2ccc(-c3nnco3)cc2)c1. The Balaban J connectivity index is 1.35. The van der Waals surface area contributed by atoms with Gasteiger partial charge in [0, 0.05) is 12.1 Å². The number of aromatic nitrogens is 2. The average Bonchev–Trinajstić information content (AvgIpc) is 3.30. The standard InChI is InChI=1S/C23H25N3O5/c1-15-11-16(2)17(3)20(12-15)29-10-4-9-24-21(27)13-30-23(28)19-7-5-18(6-8-19)22-26-25-14-31-22/h5-8,11-12,14H,4,9-10,13H2,1-3H3,(H,24,27). The van der Waals surface area contributed by atoms with Crippen LogP contribution in [0.15, 0.2) is 47.2 Å². The van der Waals surface area contributed by atoms with E-state index in [1.54, 1.807) is 24.3 Å². The van der Waals surface area contributed by atoms with E-state index in [4.69, 9.17) is 13.9 Å². The van der Waals surface area contributed by atoms with Crippen LogP contribution in [0.3, 0.4) is 0 Å². The van der Waals surface area contributed by atoms with Gasteiger partial charge in [-0.15, -0.1) is 10.2 Å². The summed E-state index contributed by atoms with van der Waals surface area (Å²) in [6, 6.07) is 10.6. The number of benzene rings is 2. The van der Waals surface area contributed by atoms with Crippen molar-refractivity contribution < 1.29 is 23.5 Å². The highest BCUT2D eigenvalue weighted by atomic mass is 16.5. The van der Waals surface area contributed by atoms with Gasteiger partial charge in [-0.05, 0) is 74.2 Å². The van der Waals surface area contributed by atoms with E-state index in [0.29, 0.717) is 36.6 Å². The van der Waals surface area contributed by atoms with E-state index < -0.39 is 5.97 Å². The summed E-state index contributed by atoms with van der Waals surface area (Å²) in [6.07, 6.45) is 1.87. The molecule has 162 valence electrons. The van der Waals surface area contributed by atoms with Crippen LogP contribution in [0, 0.1) is 20.8 Å². The molecule has 0 spiro atoms. The lowest BCUT2D eigenvalue weighted by Gasteiger charge is -2.12. The number of carbonyl (C=O) groups is 2. The molecule has 2 aromatic carbocycles. The molecule has 8 nitrogen and oxygen atoms in total. The predicted molar refractivity (Wildman–Crippen MR) is 114 cm³/mol. The van der Waals surface area contributed by atoms with Crippen molar-refractivity contribution in [1.29, 1.82) is 0 Å². The maximum atomic E-state index is 12.1. The van der Waals surface area contributed by atoms with Crippen LogP contribution in [0.4, 0.5) is 0 Å². The number of esters is 1. The zero-order valence-electron chi connectivity index (χ0n) is 17.8. The highest BCUT2D eigenvalue weighted by molar-refractivity contribution is 5.91. The summed E-state index contributed by atoms with van der Waals surface area (Å²) in [5.74, 6) is 0.276. The Morgan fingerprint density at radius 2 is 1.87 bits per heavy atom. The fraction of sp³-hybridized carbons (Fsp3) is 0.304. The first-order chi connectivity index (χ1) is 14.9. The molecule has 1 N–H and O–H groups in total. The van der Waals surface area contributed by atoms with Crippen molar-refractivity contribution in [2.45, 2.75) is 27.2 Å². The molecule has 0 bridgehead atoms. The highest BCUT2D eigenvalue weighted by Gasteiger charge is 2.11. The van der Waals surface area contributed by atoms with Crippen molar-refractivity contribution in [3.8, 4) is 17.2 Å². The molecule has 0 saturated carbocycles. The van der Waals surface area contributed by atoms with Crippen LogP contribution in [-0.2, 0) is 9.53 Å². The van der Waals surface area contributed by atoms with E-state index in [0.717, 1.165) is 16.9 Å². The zero-order valence-corrected chi connectivity index (χ0v) is 17.8. The lowest BCUT2D eigenvalue weighted by Crippen LogP contribution is -2.30. The van der Waals surface area contributed by atoms with E-state index in [1.165, 1.54) is 12.0 Å². The van der Waals surface area contributed by atoms with E-state index in [9.17, 15) is 9.59 Å². The molecular formula is C23H25N3O5. The van der Waals surface area contributed by atoms with Crippen LogP contribution in [0.1, 0.15) is 33.5 Å². The molecule has 0 aliphatic rings. The summed E-state index contributed by atoms with van der Waals surface area (Å²) < 4.78 is 16.0. The van der Waals surface area contributed by atoms with Crippen molar-refractivity contribution in [2.24, 2.45) is 0 Å². The van der Waals surface area contributed by atoms with Crippen molar-refractivity contribution in [3.63, 3.8) is 0 Å². The summed E-state index contributed by atoms with van der Waals surface area (Å²) in [5.41, 5.74) is 4.47. The van der Waals surface area contributed by atoms with Crippen molar-refractivity contribution >= 4 is 11.9 Å². The van der Waals surface area contributed by atoms with Gasteiger partial charge in [-0.1, -0.05) is 6.07 Å². The second-order valence-corrected chi connectivity index (χ2v) is 7.15. The average molecular weight is 423 g/mol. The van der Waals surface area contributed by atoms with Gasteiger partial charge in [0.2, 0.25) is 12.3 Å². The first-order valence-electron chi connectivity index (χ1n) is 9.95. The van der Waals surface area contributed by atoms with Gasteiger partial charge >= 0.3 is 5.97 Å². The quantitative estimate of drug-likeness (QED) is 0.415. The summed E-state index contributed by atoms with van der Waals surface area (Å²) >= 11 is 0. The maximum absolute atomic E-state index is 12.1. The van der Waals surface area contributed by atoms with Gasteiger partial charge in [-0.25, -0.2) is 4.79 Å². The highest BCUT2D eigenvalue weighted by Crippen LogP contribution is 2.23. The monoisotopic (exact) mass is 423 g/mol. The molecule has 0 fully saturated rings. The molecule has 3 rings (SSSR count). The second kappa shape index (κ2) is 10.4. The van der Waals surface area contributed by atoms with Crippen LogP contribution < -0.4 is 10.1 Å². The fourth-order valence-electron chi connectivity index (χ4n) is 2.95. The van der Waals surface area contributed by atoms with Gasteiger partial charge in [-0.3, -0.25) is 4.79 Å². The minimum Gasteiger partial charge on any atom is -0.493 e. The van der Waals surface area contributed by atoms with Gasteiger partial charge < -0.3 is 19.2 Å². The predicted octanol–water partition coefficient (Wildman–Crippen LogP) is 3.40. The lowest BCUT2D eigenvalue weighted by atomic mass is 10.1. The fourth-order valence-corrected chi connectivity index (χ4v) is 2.95. The molecule has 0 aliphatic carbocycles. The molecule has 1 amide bonds. The molecule has 1 heterocycles. The van der Waals surface area contributed by atoms with Gasteiger partial charge in [0.25, 0.3) is 5.91 Å². The Bertz CT molecular complexity index is 1030. The first kappa shape index (κ1) is 22.0. The molecule has 8 heteroatoms. The largest absolute Gasteiger partial charge is 0.493 e. The van der Waals surface area contributed by atoms with Crippen molar-refractivity contribution in [1.82, 2.24) is 15.5 Å². The van der Waals surface area contributed by atoms with Gasteiger partial charge in [0.15, 0.2) is 6.61 Å². The van der Waals surface area contributed by atoms with E-state index in [2.05, 4.69) is 28.5 Å². The zero-order chi connectivity index (χ0) is 22.2. The Morgan fingerprint density at radius 3 is 2.58 bits per heavy atom. The number of amides is 1. The summed E-state index contributed by atoms with van der Waals surface area (Å²) in [5, 5.41) is 10.1. The van der Waals surface area contributed by atoms with Crippen LogP contribution in [-0.4, -0.2) is 41.8 Å². The Hall–Kier alpha value is -3.68. The Labute approximate surface area is 180 Å². The van der Waals surface area contributed by atoms with Gasteiger partial charge in [0.05, 0.1) is 12.2 Å². The minimum atomic E-state index is -0.583. The number of nitrogens with one attached hydrogen (secondary N) is 1. The van der Waals surface area contributed by atoms with Gasteiger partial charge in [0.1, 0.15) is 5.75 Å². The number of nitrogens with zero attached hydrogens (tertiary/aromatic N) is 2. The minimum absolute atomic E-state index is 0.327. The molecule has 0 unspecified atom stereocenters. The number of carbonyl (C=O) groups excluding carboxylic acids is 2. The van der Waals surface area contributed by atoms with Crippen LogP contribution in [0.25, 0.3) is 11.5 Å². The molecule has 0 radical (unpaired) electrons. The molecule has 1 aromatic heterocycles. The molecule has 31 heavy (non-hydrogen) atoms. The third-order valence-electron chi connectivity index (χ3n) is 4.73. The third kappa shape index (κ3) is 6.15. The lowest BCUT2D eigenvalue weighted by molar-refractivity contribution is -0.124. The smallest absolute Gasteiger partial charge is 0.338 e. The number of aryl methyl sites for hydroxylation is 2. The van der Waals surface area contributed by atoms with E-state index >= 15 is 0 Å². The van der Waals surface area contributed by atoms with Crippen LogP contribution in [0.5, 0.6) is 5.75 Å². The van der Waals surface area contributed by atoms with Crippen LogP contribution in [0.2, 0.25) is 0 Å². The number of ether oxygens (including phenoxy) is 2. The summed E-state index contributed by atoms with van der Waals surface area (Å²) in [7, 11) is 0. The van der Waals surface area contributed by atoms with Crippen molar-refractivity contribution in [3.05, 3.63) is 65.0 Å². The molecule has 0 saturated heterocycles. The number of rotatable bonds is 9. The topological polar surface area (TPSA) is 104 Å². The Kier molecular flexibility index (Phi) is 7.37. The van der Waals surface area contributed by atoms with Gasteiger partial charge in [-0.2, -0.15) is 0 Å². The third-order valence-corrected chi connectivity index (χ3v) is 4.73. The Morgan fingerprint density at radius 1 is 1.10 bits per heavy atom. The van der Waals surface area contributed by atoms with E-state index in [1.807, 2.05) is 19.9 Å². The normalized spacial score (nSPS) is 10.5. The summed E-state index contributed by atoms with van der Waals surface area (Å²) in [4.78, 5) is 24.0. The number of hydrogen-bond acceptors (Lipinski definition) is 7. The number of hydrogen-bond donors (Lipinski definition) is 1. The van der Waals surface area contributed by atoms with Crippen molar-refractivity contribution in [2.75, 3.05) is 19.8 Å². The second-order valence-electron chi connectivity index (χ2n) is 7.15. The summed E-state index contributed by atoms with van der Waals surface area (Å²) in [6.45, 7) is 6.68. The molecule has 0 aliphatic heterocycles. The van der Waals surface area contributed by atoms with Crippen LogP contribution >= 0.6 is 0 Å².